The number of pyridine rings is 1. The Hall–Kier alpha value is -4.00. The molecule has 1 aliphatic rings. The Bertz CT molecular complexity index is 1490. The van der Waals surface area contributed by atoms with E-state index in [0.717, 1.165) is 37.0 Å². The van der Waals surface area contributed by atoms with Gasteiger partial charge in [0.25, 0.3) is 11.8 Å². The molecule has 4 rings (SSSR count). The topological polar surface area (TPSA) is 104 Å². The molecule has 0 fully saturated rings. The summed E-state index contributed by atoms with van der Waals surface area (Å²) in [6, 6.07) is 12.8. The maximum absolute atomic E-state index is 14.3. The van der Waals surface area contributed by atoms with Crippen LogP contribution in [0.15, 0.2) is 67.0 Å². The van der Waals surface area contributed by atoms with E-state index in [0.29, 0.717) is 36.7 Å². The van der Waals surface area contributed by atoms with Crippen LogP contribution in [0.4, 0.5) is 18.9 Å². The summed E-state index contributed by atoms with van der Waals surface area (Å²) in [4.78, 5) is 34.8. The number of aliphatic hydroxyl groups is 1. The maximum Gasteiger partial charge on any atom is 0.416 e. The van der Waals surface area contributed by atoms with E-state index >= 15 is 0 Å². The Morgan fingerprint density at radius 1 is 1.10 bits per heavy atom. The van der Waals surface area contributed by atoms with Crippen molar-refractivity contribution in [1.82, 2.24) is 14.8 Å². The van der Waals surface area contributed by atoms with Gasteiger partial charge >= 0.3 is 6.18 Å². The van der Waals surface area contributed by atoms with E-state index in [2.05, 4.69) is 10.3 Å². The minimum absolute atomic E-state index is 0.182. The molecule has 1 aliphatic heterocycles. The number of hydrogen-bond donors (Lipinski definition) is 2. The summed E-state index contributed by atoms with van der Waals surface area (Å²) in [6.45, 7) is 7.04. The molecular weight excluding hydrogens is 625 g/mol. The summed E-state index contributed by atoms with van der Waals surface area (Å²) in [5.41, 5.74) is 1.14. The van der Waals surface area contributed by atoms with Crippen LogP contribution in [0.2, 0.25) is 0 Å². The number of likely N-dealkylation sites (N-methyl/N-ethyl adjacent to an activating group) is 1. The van der Waals surface area contributed by atoms with Crippen LogP contribution < -0.4 is 10.1 Å². The molecule has 48 heavy (non-hydrogen) atoms. The highest BCUT2D eigenvalue weighted by Gasteiger charge is 2.32. The Labute approximate surface area is 280 Å². The molecular formula is C36H45F3N4O5. The van der Waals surface area contributed by atoms with Crippen LogP contribution in [0, 0.1) is 5.92 Å². The van der Waals surface area contributed by atoms with Crippen molar-refractivity contribution in [3.8, 4) is 5.75 Å². The number of aromatic nitrogens is 1. The summed E-state index contributed by atoms with van der Waals surface area (Å²) in [5, 5.41) is 13.0. The molecule has 2 heterocycles. The fraction of sp³-hybridized carbons (Fsp3) is 0.472. The lowest BCUT2D eigenvalue weighted by molar-refractivity contribution is -0.137. The highest BCUT2D eigenvalue weighted by Crippen LogP contribution is 2.30. The van der Waals surface area contributed by atoms with Gasteiger partial charge in [0.05, 0.1) is 36.0 Å². The van der Waals surface area contributed by atoms with Crippen molar-refractivity contribution in [2.45, 2.75) is 71.0 Å². The number of nitrogens with one attached hydrogen (secondary N) is 1. The Balaban J connectivity index is 1.58. The van der Waals surface area contributed by atoms with E-state index < -0.39 is 17.8 Å². The van der Waals surface area contributed by atoms with Crippen LogP contribution in [0.3, 0.4) is 0 Å². The quantitative estimate of drug-likeness (QED) is 0.291. The predicted molar refractivity (Wildman–Crippen MR) is 177 cm³/mol. The fourth-order valence-corrected chi connectivity index (χ4v) is 5.65. The highest BCUT2D eigenvalue weighted by molar-refractivity contribution is 6.05. The second-order valence-corrected chi connectivity index (χ2v) is 12.6. The van der Waals surface area contributed by atoms with Gasteiger partial charge in [0, 0.05) is 55.8 Å². The van der Waals surface area contributed by atoms with Gasteiger partial charge in [-0.15, -0.1) is 0 Å². The molecule has 0 saturated heterocycles. The highest BCUT2D eigenvalue weighted by atomic mass is 19.4. The third kappa shape index (κ3) is 10.2. The monoisotopic (exact) mass is 670 g/mol. The minimum atomic E-state index is -4.39. The van der Waals surface area contributed by atoms with Crippen molar-refractivity contribution >= 4 is 17.5 Å². The number of carbonyl (C=O) groups is 2. The number of anilines is 1. The number of nitrogens with zero attached hydrogens (tertiary/aromatic N) is 3. The van der Waals surface area contributed by atoms with Gasteiger partial charge in [-0.25, -0.2) is 0 Å². The molecule has 0 saturated carbocycles. The second kappa shape index (κ2) is 16.9. The summed E-state index contributed by atoms with van der Waals surface area (Å²) in [6.07, 6.45) is 0.489. The van der Waals surface area contributed by atoms with Crippen molar-refractivity contribution in [2.24, 2.45) is 5.92 Å². The molecule has 3 aromatic rings. The number of alkyl halides is 3. The van der Waals surface area contributed by atoms with Crippen LogP contribution in [0.25, 0.3) is 0 Å². The summed E-state index contributed by atoms with van der Waals surface area (Å²) in [5.74, 6) is -0.508. The van der Waals surface area contributed by atoms with Gasteiger partial charge in [0.1, 0.15) is 5.75 Å². The molecule has 4 atom stereocenters. The van der Waals surface area contributed by atoms with Crippen molar-refractivity contribution < 1.29 is 37.3 Å². The standard InChI is InChI=1S/C36H45F3N4O5/c1-24-20-43(25(2)23-44)35(46)31-19-30(41-34(45)28-14-16-40-17-15-28)12-13-32(31)48-26(3)7-5-6-18-47-33(24)22-42(4)21-27-8-10-29(11-9-27)36(37,38)39/h8-17,19,24-26,33,44H,5-7,18,20-23H2,1-4H3,(H,41,45)/t24-,25+,26+,33+/m1/s1. The molecule has 2 amide bonds. The first-order valence-corrected chi connectivity index (χ1v) is 16.3. The third-order valence-electron chi connectivity index (χ3n) is 8.48. The van der Waals surface area contributed by atoms with Gasteiger partial charge in [0.15, 0.2) is 0 Å². The van der Waals surface area contributed by atoms with Crippen LogP contribution in [0.5, 0.6) is 5.75 Å². The second-order valence-electron chi connectivity index (χ2n) is 12.6. The van der Waals surface area contributed by atoms with Crippen LogP contribution in [0.1, 0.15) is 71.9 Å². The van der Waals surface area contributed by atoms with Gasteiger partial charge in [0.2, 0.25) is 0 Å². The van der Waals surface area contributed by atoms with Gasteiger partial charge < -0.3 is 24.8 Å². The first-order chi connectivity index (χ1) is 22.8. The first-order valence-electron chi connectivity index (χ1n) is 16.3. The minimum Gasteiger partial charge on any atom is -0.490 e. The number of halogens is 3. The number of hydrogen-bond acceptors (Lipinski definition) is 7. The van der Waals surface area contributed by atoms with Gasteiger partial charge in [-0.05, 0) is 88.2 Å². The van der Waals surface area contributed by atoms with E-state index in [-0.39, 0.29) is 48.7 Å². The van der Waals surface area contributed by atoms with Crippen molar-refractivity contribution in [3.63, 3.8) is 0 Å². The number of aliphatic hydroxyl groups excluding tert-OH is 1. The molecule has 2 aromatic carbocycles. The zero-order valence-electron chi connectivity index (χ0n) is 27.9. The average molecular weight is 671 g/mol. The van der Waals surface area contributed by atoms with Crippen molar-refractivity contribution in [1.29, 1.82) is 0 Å². The normalized spacial score (nSPS) is 20.4. The van der Waals surface area contributed by atoms with Gasteiger partial charge in [-0.1, -0.05) is 19.1 Å². The Kier molecular flexibility index (Phi) is 13.0. The smallest absolute Gasteiger partial charge is 0.416 e. The van der Waals surface area contributed by atoms with Crippen LogP contribution >= 0.6 is 0 Å². The van der Waals surface area contributed by atoms with Crippen LogP contribution in [-0.4, -0.2) is 83.3 Å². The number of ether oxygens (including phenoxy) is 2. The van der Waals surface area contributed by atoms with Gasteiger partial charge in [-0.2, -0.15) is 13.2 Å². The summed E-state index contributed by atoms with van der Waals surface area (Å²) in [7, 11) is 1.88. The lowest BCUT2D eigenvalue weighted by Crippen LogP contribution is -2.47. The first kappa shape index (κ1) is 36.8. The zero-order chi connectivity index (χ0) is 34.8. The Morgan fingerprint density at radius 3 is 2.48 bits per heavy atom. The molecule has 9 nitrogen and oxygen atoms in total. The van der Waals surface area contributed by atoms with E-state index in [1.54, 1.807) is 42.2 Å². The molecule has 260 valence electrons. The molecule has 12 heteroatoms. The van der Waals surface area contributed by atoms with E-state index in [1.807, 2.05) is 25.8 Å². The number of fused-ring (bicyclic) bond motifs is 1. The maximum atomic E-state index is 14.3. The third-order valence-corrected chi connectivity index (χ3v) is 8.48. The SMILES string of the molecule is C[C@@H]1CN([C@@H](C)CO)C(=O)c2cc(NC(=O)c3ccncc3)ccc2O[C@@H](C)CCCCO[C@H]1CN(C)Cc1ccc(C(F)(F)F)cc1. The fourth-order valence-electron chi connectivity index (χ4n) is 5.65. The molecule has 0 spiro atoms. The van der Waals surface area contributed by atoms with Gasteiger partial charge in [-0.3, -0.25) is 19.5 Å². The lowest BCUT2D eigenvalue weighted by atomic mass is 10.0. The van der Waals surface area contributed by atoms with E-state index in [1.165, 1.54) is 24.5 Å². The predicted octanol–water partition coefficient (Wildman–Crippen LogP) is 6.28. The number of rotatable bonds is 8. The molecule has 2 N–H and O–H groups in total. The number of amides is 2. The van der Waals surface area contributed by atoms with Crippen LogP contribution in [-0.2, 0) is 17.5 Å². The molecule has 0 aliphatic carbocycles. The molecule has 0 radical (unpaired) electrons. The zero-order valence-corrected chi connectivity index (χ0v) is 27.9. The van der Waals surface area contributed by atoms with Crippen molar-refractivity contribution in [3.05, 3.63) is 89.2 Å². The summed E-state index contributed by atoms with van der Waals surface area (Å²) >= 11 is 0. The molecule has 0 bridgehead atoms. The number of carbonyl (C=O) groups excluding carboxylic acids is 2. The molecule has 0 unspecified atom stereocenters. The molecule has 1 aromatic heterocycles. The van der Waals surface area contributed by atoms with E-state index in [9.17, 15) is 27.9 Å². The lowest BCUT2D eigenvalue weighted by Gasteiger charge is -2.36. The largest absolute Gasteiger partial charge is 0.490 e. The Morgan fingerprint density at radius 2 is 1.81 bits per heavy atom. The summed E-state index contributed by atoms with van der Waals surface area (Å²) < 4.78 is 51.8. The van der Waals surface area contributed by atoms with E-state index in [4.69, 9.17) is 9.47 Å². The number of benzene rings is 2. The average Bonchev–Trinajstić information content (AvgIpc) is 3.06. The van der Waals surface area contributed by atoms with Crippen molar-refractivity contribution in [2.75, 3.05) is 38.7 Å².